The van der Waals surface area contributed by atoms with Gasteiger partial charge in [0.2, 0.25) is 5.91 Å². The van der Waals surface area contributed by atoms with Gasteiger partial charge in [-0.05, 0) is 0 Å². The SMILES string of the molecule is COCC(Br)CN(C)C(=O)CCC(F)(F)F. The second-order valence-corrected chi connectivity index (χ2v) is 4.74. The molecule has 1 atom stereocenters. The smallest absolute Gasteiger partial charge is 0.383 e. The van der Waals surface area contributed by atoms with Crippen molar-refractivity contribution in [3.05, 3.63) is 0 Å². The Morgan fingerprint density at radius 3 is 2.50 bits per heavy atom. The Labute approximate surface area is 101 Å². The number of carbonyl (C=O) groups excluding carboxylic acids is 1. The topological polar surface area (TPSA) is 29.5 Å². The number of methoxy groups -OCH3 is 1. The van der Waals surface area contributed by atoms with Crippen molar-refractivity contribution in [3.8, 4) is 0 Å². The average Bonchev–Trinajstić information content (AvgIpc) is 2.13. The normalized spacial score (nSPS) is 13.6. The molecule has 96 valence electrons. The van der Waals surface area contributed by atoms with Crippen LogP contribution in [0.3, 0.4) is 0 Å². The molecular formula is C9H15BrF3NO2. The van der Waals surface area contributed by atoms with Gasteiger partial charge in [0, 0.05) is 27.1 Å². The van der Waals surface area contributed by atoms with Gasteiger partial charge in [-0.2, -0.15) is 13.2 Å². The van der Waals surface area contributed by atoms with Gasteiger partial charge in [0.15, 0.2) is 0 Å². The van der Waals surface area contributed by atoms with Crippen molar-refractivity contribution in [2.45, 2.75) is 23.8 Å². The molecule has 0 bridgehead atoms. The van der Waals surface area contributed by atoms with Crippen molar-refractivity contribution in [1.82, 2.24) is 4.90 Å². The molecule has 1 unspecified atom stereocenters. The standard InChI is InChI=1S/C9H15BrF3NO2/c1-14(5-7(10)6-16-2)8(15)3-4-9(11,12)13/h7H,3-6H2,1-2H3. The summed E-state index contributed by atoms with van der Waals surface area (Å²) in [6.45, 7) is 0.724. The lowest BCUT2D eigenvalue weighted by atomic mass is 10.2. The minimum absolute atomic E-state index is 0.0719. The molecule has 16 heavy (non-hydrogen) atoms. The van der Waals surface area contributed by atoms with Crippen molar-refractivity contribution >= 4 is 21.8 Å². The van der Waals surface area contributed by atoms with E-state index >= 15 is 0 Å². The van der Waals surface area contributed by atoms with E-state index in [1.807, 2.05) is 0 Å². The van der Waals surface area contributed by atoms with Crippen LogP contribution in [0.5, 0.6) is 0 Å². The van der Waals surface area contributed by atoms with Gasteiger partial charge in [0.05, 0.1) is 17.9 Å². The Morgan fingerprint density at radius 1 is 1.50 bits per heavy atom. The van der Waals surface area contributed by atoms with E-state index in [2.05, 4.69) is 15.9 Å². The van der Waals surface area contributed by atoms with Gasteiger partial charge in [-0.15, -0.1) is 0 Å². The van der Waals surface area contributed by atoms with E-state index in [4.69, 9.17) is 4.74 Å². The van der Waals surface area contributed by atoms with Crippen LogP contribution in [-0.2, 0) is 9.53 Å². The first-order valence-corrected chi connectivity index (χ1v) is 5.61. The maximum Gasteiger partial charge on any atom is 0.389 e. The average molecular weight is 306 g/mol. The third-order valence-electron chi connectivity index (χ3n) is 1.87. The molecule has 0 spiro atoms. The van der Waals surface area contributed by atoms with E-state index in [-0.39, 0.29) is 4.83 Å². The first-order chi connectivity index (χ1) is 7.26. The molecule has 0 N–H and O–H groups in total. The summed E-state index contributed by atoms with van der Waals surface area (Å²) in [5.74, 6) is -0.516. The Hall–Kier alpha value is -0.300. The Balaban J connectivity index is 3.90. The third-order valence-corrected chi connectivity index (χ3v) is 2.42. The predicted molar refractivity (Wildman–Crippen MR) is 57.5 cm³/mol. The molecular weight excluding hydrogens is 291 g/mol. The highest BCUT2D eigenvalue weighted by Crippen LogP contribution is 2.21. The van der Waals surface area contributed by atoms with Crippen molar-refractivity contribution in [3.63, 3.8) is 0 Å². The van der Waals surface area contributed by atoms with E-state index < -0.39 is 24.9 Å². The number of hydrogen-bond acceptors (Lipinski definition) is 2. The summed E-state index contributed by atoms with van der Waals surface area (Å²) in [7, 11) is 2.99. The summed E-state index contributed by atoms with van der Waals surface area (Å²) in [6.07, 6.45) is -5.86. The van der Waals surface area contributed by atoms with Gasteiger partial charge in [-0.25, -0.2) is 0 Å². The number of ether oxygens (including phenoxy) is 1. The molecule has 0 saturated heterocycles. The minimum Gasteiger partial charge on any atom is -0.383 e. The number of rotatable bonds is 6. The zero-order valence-corrected chi connectivity index (χ0v) is 10.8. The second kappa shape index (κ2) is 7.11. The fraction of sp³-hybridized carbons (Fsp3) is 0.889. The molecule has 0 aliphatic rings. The molecule has 0 aromatic rings. The maximum atomic E-state index is 11.9. The molecule has 0 rings (SSSR count). The van der Waals surface area contributed by atoms with Crippen LogP contribution in [-0.4, -0.2) is 49.1 Å². The molecule has 0 heterocycles. The summed E-state index contributed by atoms with van der Waals surface area (Å²) in [4.78, 5) is 12.5. The molecule has 1 amide bonds. The van der Waals surface area contributed by atoms with E-state index in [1.54, 1.807) is 0 Å². The number of carbonyl (C=O) groups is 1. The fourth-order valence-corrected chi connectivity index (χ4v) is 1.77. The monoisotopic (exact) mass is 305 g/mol. The molecule has 0 fully saturated rings. The number of alkyl halides is 4. The lowest BCUT2D eigenvalue weighted by Crippen LogP contribution is -2.34. The molecule has 0 aromatic heterocycles. The predicted octanol–water partition coefficient (Wildman–Crippen LogP) is 2.20. The lowest BCUT2D eigenvalue weighted by molar-refractivity contribution is -0.148. The van der Waals surface area contributed by atoms with Crippen molar-refractivity contribution in [2.24, 2.45) is 0 Å². The first kappa shape index (κ1) is 15.7. The molecule has 3 nitrogen and oxygen atoms in total. The largest absolute Gasteiger partial charge is 0.389 e. The molecule has 0 saturated carbocycles. The van der Waals surface area contributed by atoms with Gasteiger partial charge >= 0.3 is 6.18 Å². The second-order valence-electron chi connectivity index (χ2n) is 3.44. The number of amides is 1. The Kier molecular flexibility index (Phi) is 6.98. The fourth-order valence-electron chi connectivity index (χ4n) is 1.07. The van der Waals surface area contributed by atoms with Gasteiger partial charge < -0.3 is 9.64 Å². The number of hydrogen-bond donors (Lipinski definition) is 0. The van der Waals surface area contributed by atoms with E-state index in [0.717, 1.165) is 0 Å². The van der Waals surface area contributed by atoms with Crippen LogP contribution in [0.2, 0.25) is 0 Å². The number of halogens is 4. The molecule has 0 radical (unpaired) electrons. The van der Waals surface area contributed by atoms with Gasteiger partial charge in [-0.1, -0.05) is 15.9 Å². The summed E-state index contributed by atoms with van der Waals surface area (Å²) in [6, 6.07) is 0. The van der Waals surface area contributed by atoms with Crippen LogP contribution in [0.25, 0.3) is 0 Å². The highest BCUT2D eigenvalue weighted by Gasteiger charge is 2.28. The maximum absolute atomic E-state index is 11.9. The quantitative estimate of drug-likeness (QED) is 0.704. The van der Waals surface area contributed by atoms with Crippen molar-refractivity contribution < 1.29 is 22.7 Å². The summed E-state index contributed by atoms with van der Waals surface area (Å²) < 4.78 is 40.4. The van der Waals surface area contributed by atoms with Crippen LogP contribution in [0, 0.1) is 0 Å². The molecule has 0 aromatic carbocycles. The van der Waals surface area contributed by atoms with Crippen LogP contribution in [0.15, 0.2) is 0 Å². The number of nitrogens with zero attached hydrogens (tertiary/aromatic N) is 1. The highest BCUT2D eigenvalue weighted by molar-refractivity contribution is 9.09. The molecule has 0 aliphatic heterocycles. The van der Waals surface area contributed by atoms with Crippen LogP contribution < -0.4 is 0 Å². The molecule has 7 heteroatoms. The van der Waals surface area contributed by atoms with Crippen LogP contribution in [0.1, 0.15) is 12.8 Å². The van der Waals surface area contributed by atoms with Crippen molar-refractivity contribution in [1.29, 1.82) is 0 Å². The van der Waals surface area contributed by atoms with Crippen LogP contribution >= 0.6 is 15.9 Å². The van der Waals surface area contributed by atoms with Crippen LogP contribution in [0.4, 0.5) is 13.2 Å². The summed E-state index contributed by atoms with van der Waals surface area (Å²) in [5, 5.41) is 0. The van der Waals surface area contributed by atoms with E-state index in [0.29, 0.717) is 13.2 Å². The summed E-state index contributed by atoms with van der Waals surface area (Å²) in [5.41, 5.74) is 0. The lowest BCUT2D eigenvalue weighted by Gasteiger charge is -2.20. The van der Waals surface area contributed by atoms with Gasteiger partial charge in [-0.3, -0.25) is 4.79 Å². The zero-order valence-electron chi connectivity index (χ0n) is 9.18. The van der Waals surface area contributed by atoms with Crippen molar-refractivity contribution in [2.75, 3.05) is 27.3 Å². The Bertz CT molecular complexity index is 223. The minimum atomic E-state index is -4.28. The van der Waals surface area contributed by atoms with Gasteiger partial charge in [0.25, 0.3) is 0 Å². The zero-order chi connectivity index (χ0) is 12.8. The van der Waals surface area contributed by atoms with E-state index in [1.165, 1.54) is 19.1 Å². The Morgan fingerprint density at radius 2 is 2.06 bits per heavy atom. The van der Waals surface area contributed by atoms with E-state index in [9.17, 15) is 18.0 Å². The summed E-state index contributed by atoms with van der Waals surface area (Å²) >= 11 is 3.26. The molecule has 0 aliphatic carbocycles. The highest BCUT2D eigenvalue weighted by atomic mass is 79.9. The first-order valence-electron chi connectivity index (χ1n) is 4.70. The van der Waals surface area contributed by atoms with Gasteiger partial charge in [0.1, 0.15) is 0 Å². The third kappa shape index (κ3) is 7.92.